The van der Waals surface area contributed by atoms with E-state index in [9.17, 15) is 0 Å². The van der Waals surface area contributed by atoms with E-state index in [0.717, 1.165) is 44.0 Å². The molecular formula is C20H24N6. The van der Waals surface area contributed by atoms with Gasteiger partial charge in [0, 0.05) is 24.8 Å². The lowest BCUT2D eigenvalue weighted by Gasteiger charge is -2.32. The summed E-state index contributed by atoms with van der Waals surface area (Å²) >= 11 is 0. The summed E-state index contributed by atoms with van der Waals surface area (Å²) in [6.45, 7) is 5.00. The van der Waals surface area contributed by atoms with Gasteiger partial charge >= 0.3 is 0 Å². The first kappa shape index (κ1) is 16.7. The highest BCUT2D eigenvalue weighted by Crippen LogP contribution is 2.19. The maximum Gasteiger partial charge on any atom is 0.170 e. The molecule has 0 amide bonds. The number of hydrogen-bond acceptors (Lipinski definition) is 5. The SMILES string of the molecule is Cc1cccc(NC2CCN(Cc3nnnn3-c3ccccc3)CC2)c1. The number of benzene rings is 2. The minimum atomic E-state index is 0.526. The lowest BCUT2D eigenvalue weighted by Crippen LogP contribution is -2.39. The Labute approximate surface area is 153 Å². The van der Waals surface area contributed by atoms with E-state index in [1.165, 1.54) is 11.3 Å². The second-order valence-corrected chi connectivity index (χ2v) is 6.91. The van der Waals surface area contributed by atoms with Gasteiger partial charge in [-0.25, -0.2) is 0 Å². The molecule has 2 aromatic carbocycles. The number of para-hydroxylation sites is 1. The van der Waals surface area contributed by atoms with E-state index in [4.69, 9.17) is 0 Å². The standard InChI is InChI=1S/C20H24N6/c1-16-6-5-7-18(14-16)21-17-10-12-25(13-11-17)15-20-22-23-24-26(20)19-8-3-2-4-9-19/h2-9,14,17,21H,10-13,15H2,1H3. The van der Waals surface area contributed by atoms with E-state index in [0.29, 0.717) is 6.04 Å². The van der Waals surface area contributed by atoms with Crippen LogP contribution in [0.1, 0.15) is 24.2 Å². The molecule has 2 heterocycles. The minimum Gasteiger partial charge on any atom is -0.382 e. The van der Waals surface area contributed by atoms with Crippen molar-refractivity contribution < 1.29 is 0 Å². The van der Waals surface area contributed by atoms with Crippen LogP contribution in [0.15, 0.2) is 54.6 Å². The van der Waals surface area contributed by atoms with Gasteiger partial charge in [0.25, 0.3) is 0 Å². The third kappa shape index (κ3) is 3.91. The third-order valence-corrected chi connectivity index (χ3v) is 4.88. The lowest BCUT2D eigenvalue weighted by molar-refractivity contribution is 0.205. The van der Waals surface area contributed by atoms with Gasteiger partial charge in [0.1, 0.15) is 0 Å². The molecule has 0 spiro atoms. The molecule has 26 heavy (non-hydrogen) atoms. The van der Waals surface area contributed by atoms with Crippen molar-refractivity contribution in [3.05, 3.63) is 66.0 Å². The Balaban J connectivity index is 1.34. The fourth-order valence-corrected chi connectivity index (χ4v) is 3.48. The molecule has 6 nitrogen and oxygen atoms in total. The van der Waals surface area contributed by atoms with Crippen LogP contribution in [0, 0.1) is 6.92 Å². The number of anilines is 1. The van der Waals surface area contributed by atoms with Crippen LogP contribution in [0.25, 0.3) is 5.69 Å². The monoisotopic (exact) mass is 348 g/mol. The highest BCUT2D eigenvalue weighted by molar-refractivity contribution is 5.46. The molecule has 0 atom stereocenters. The number of nitrogens with zero attached hydrogens (tertiary/aromatic N) is 5. The van der Waals surface area contributed by atoms with Gasteiger partial charge in [-0.2, -0.15) is 4.68 Å². The predicted octanol–water partition coefficient (Wildman–Crippen LogP) is 3.05. The number of likely N-dealkylation sites (tertiary alicyclic amines) is 1. The molecule has 6 heteroatoms. The summed E-state index contributed by atoms with van der Waals surface area (Å²) in [5.41, 5.74) is 3.51. The molecule has 0 bridgehead atoms. The average Bonchev–Trinajstić information content (AvgIpc) is 3.12. The van der Waals surface area contributed by atoms with Gasteiger partial charge in [-0.05, 0) is 60.0 Å². The van der Waals surface area contributed by atoms with Crippen LogP contribution >= 0.6 is 0 Å². The number of aromatic nitrogens is 4. The first-order chi connectivity index (χ1) is 12.8. The number of tetrazole rings is 1. The van der Waals surface area contributed by atoms with Crippen molar-refractivity contribution in [3.63, 3.8) is 0 Å². The van der Waals surface area contributed by atoms with E-state index >= 15 is 0 Å². The molecule has 0 aliphatic carbocycles. The number of nitrogens with one attached hydrogen (secondary N) is 1. The Hall–Kier alpha value is -2.73. The third-order valence-electron chi connectivity index (χ3n) is 4.88. The van der Waals surface area contributed by atoms with Crippen molar-refractivity contribution in [1.82, 2.24) is 25.1 Å². The Morgan fingerprint density at radius 3 is 2.62 bits per heavy atom. The van der Waals surface area contributed by atoms with E-state index in [-0.39, 0.29) is 0 Å². The van der Waals surface area contributed by atoms with Crippen molar-refractivity contribution in [2.24, 2.45) is 0 Å². The number of rotatable bonds is 5. The molecule has 0 saturated carbocycles. The van der Waals surface area contributed by atoms with Crippen LogP contribution in [0.2, 0.25) is 0 Å². The van der Waals surface area contributed by atoms with Gasteiger partial charge in [-0.15, -0.1) is 5.10 Å². The first-order valence-corrected chi connectivity index (χ1v) is 9.16. The van der Waals surface area contributed by atoms with E-state index < -0.39 is 0 Å². The molecule has 0 unspecified atom stereocenters. The topological polar surface area (TPSA) is 58.9 Å². The zero-order valence-electron chi connectivity index (χ0n) is 15.0. The molecule has 0 radical (unpaired) electrons. The highest BCUT2D eigenvalue weighted by Gasteiger charge is 2.21. The summed E-state index contributed by atoms with van der Waals surface area (Å²) in [5, 5.41) is 15.9. The van der Waals surface area contributed by atoms with Crippen LogP contribution in [0.5, 0.6) is 0 Å². The Morgan fingerprint density at radius 2 is 1.85 bits per heavy atom. The summed E-state index contributed by atoms with van der Waals surface area (Å²) in [6.07, 6.45) is 2.25. The van der Waals surface area contributed by atoms with Gasteiger partial charge in [-0.1, -0.05) is 30.3 Å². The van der Waals surface area contributed by atoms with Gasteiger partial charge in [0.15, 0.2) is 5.82 Å². The fourth-order valence-electron chi connectivity index (χ4n) is 3.48. The van der Waals surface area contributed by atoms with Crippen LogP contribution in [-0.4, -0.2) is 44.2 Å². The van der Waals surface area contributed by atoms with E-state index in [2.05, 4.69) is 56.9 Å². The van der Waals surface area contributed by atoms with Gasteiger partial charge < -0.3 is 5.32 Å². The van der Waals surface area contributed by atoms with E-state index in [1.807, 2.05) is 35.0 Å². The summed E-state index contributed by atoms with van der Waals surface area (Å²) in [4.78, 5) is 2.43. The Kier molecular flexibility index (Phi) is 4.93. The van der Waals surface area contributed by atoms with Crippen molar-refractivity contribution in [2.45, 2.75) is 32.4 Å². The number of piperidine rings is 1. The summed E-state index contributed by atoms with van der Waals surface area (Å²) in [5.74, 6) is 0.890. The molecule has 1 saturated heterocycles. The average molecular weight is 348 g/mol. The van der Waals surface area contributed by atoms with Crippen LogP contribution in [-0.2, 0) is 6.54 Å². The largest absolute Gasteiger partial charge is 0.382 e. The normalized spacial score (nSPS) is 15.9. The van der Waals surface area contributed by atoms with Gasteiger partial charge in [0.2, 0.25) is 0 Å². The predicted molar refractivity (Wildman–Crippen MR) is 102 cm³/mol. The lowest BCUT2D eigenvalue weighted by atomic mass is 10.0. The van der Waals surface area contributed by atoms with Crippen LogP contribution in [0.3, 0.4) is 0 Å². The van der Waals surface area contributed by atoms with Crippen molar-refractivity contribution in [3.8, 4) is 5.69 Å². The number of hydrogen-bond donors (Lipinski definition) is 1. The minimum absolute atomic E-state index is 0.526. The van der Waals surface area contributed by atoms with Gasteiger partial charge in [-0.3, -0.25) is 4.90 Å². The zero-order chi connectivity index (χ0) is 17.8. The Morgan fingerprint density at radius 1 is 1.04 bits per heavy atom. The molecule has 134 valence electrons. The molecule has 3 aromatic rings. The maximum atomic E-state index is 4.23. The highest BCUT2D eigenvalue weighted by atomic mass is 15.5. The van der Waals surface area contributed by atoms with Crippen LogP contribution in [0.4, 0.5) is 5.69 Å². The zero-order valence-corrected chi connectivity index (χ0v) is 15.0. The quantitative estimate of drug-likeness (QED) is 0.768. The molecule has 1 fully saturated rings. The van der Waals surface area contributed by atoms with Crippen molar-refractivity contribution in [2.75, 3.05) is 18.4 Å². The van der Waals surface area contributed by atoms with Gasteiger partial charge in [0.05, 0.1) is 12.2 Å². The molecule has 1 aliphatic heterocycles. The molecule has 1 N–H and O–H groups in total. The maximum absolute atomic E-state index is 4.23. The molecule has 1 aromatic heterocycles. The summed E-state index contributed by atoms with van der Waals surface area (Å²) in [7, 11) is 0. The van der Waals surface area contributed by atoms with E-state index in [1.54, 1.807) is 0 Å². The number of aryl methyl sites for hydroxylation is 1. The van der Waals surface area contributed by atoms with Crippen molar-refractivity contribution in [1.29, 1.82) is 0 Å². The summed E-state index contributed by atoms with van der Waals surface area (Å²) < 4.78 is 1.83. The van der Waals surface area contributed by atoms with Crippen LogP contribution < -0.4 is 5.32 Å². The van der Waals surface area contributed by atoms with Crippen molar-refractivity contribution >= 4 is 5.69 Å². The smallest absolute Gasteiger partial charge is 0.170 e. The Bertz CT molecular complexity index is 836. The molecule has 4 rings (SSSR count). The fraction of sp³-hybridized carbons (Fsp3) is 0.350. The first-order valence-electron chi connectivity index (χ1n) is 9.16. The molecule has 1 aliphatic rings. The summed E-state index contributed by atoms with van der Waals surface area (Å²) in [6, 6.07) is 19.2. The molecular weight excluding hydrogens is 324 g/mol. The second kappa shape index (κ2) is 7.66. The second-order valence-electron chi connectivity index (χ2n) is 6.91.